The predicted molar refractivity (Wildman–Crippen MR) is 77.1 cm³/mol. The molecule has 1 atom stereocenters. The Kier molecular flexibility index (Phi) is 2.90. The summed E-state index contributed by atoms with van der Waals surface area (Å²) in [7, 11) is 0. The van der Waals surface area contributed by atoms with Crippen molar-refractivity contribution in [1.82, 2.24) is 0 Å². The maximum absolute atomic E-state index is 12.6. The van der Waals surface area contributed by atoms with Gasteiger partial charge in [0, 0.05) is 17.6 Å². The number of carbonyl (C=O) groups excluding carboxylic acids is 1. The number of fused-ring (bicyclic) bond motifs is 2. The van der Waals surface area contributed by atoms with E-state index in [0.717, 1.165) is 18.7 Å². The Balaban J connectivity index is 1.85. The average molecular weight is 258 g/mol. The topological polar surface area (TPSA) is 46.3 Å². The second kappa shape index (κ2) is 4.34. The predicted octanol–water partition coefficient (Wildman–Crippen LogP) is 2.44. The molecule has 102 valence electrons. The largest absolute Gasteiger partial charge is 0.320 e. The summed E-state index contributed by atoms with van der Waals surface area (Å²) in [5.74, 6) is 0.539. The van der Waals surface area contributed by atoms with Gasteiger partial charge in [0.1, 0.15) is 0 Å². The van der Waals surface area contributed by atoms with E-state index in [2.05, 4.69) is 32.0 Å². The SMILES string of the molecule is CC(C)C[C@H](N)C(=O)N1CC2(CC2)c2ccccc21. The van der Waals surface area contributed by atoms with Crippen LogP contribution in [0.2, 0.25) is 0 Å². The molecular formula is C16H22N2O. The fraction of sp³-hybridized carbons (Fsp3) is 0.562. The molecular weight excluding hydrogens is 236 g/mol. The quantitative estimate of drug-likeness (QED) is 0.905. The van der Waals surface area contributed by atoms with Crippen LogP contribution >= 0.6 is 0 Å². The average Bonchev–Trinajstić information content (AvgIpc) is 3.07. The van der Waals surface area contributed by atoms with Crippen molar-refractivity contribution in [3.05, 3.63) is 29.8 Å². The highest BCUT2D eigenvalue weighted by Gasteiger charge is 2.53. The number of anilines is 1. The van der Waals surface area contributed by atoms with Gasteiger partial charge in [-0.15, -0.1) is 0 Å². The van der Waals surface area contributed by atoms with Gasteiger partial charge >= 0.3 is 0 Å². The number of carbonyl (C=O) groups is 1. The van der Waals surface area contributed by atoms with Crippen LogP contribution in [-0.4, -0.2) is 18.5 Å². The molecule has 0 saturated heterocycles. The lowest BCUT2D eigenvalue weighted by atomic mass is 9.99. The molecule has 2 N–H and O–H groups in total. The third-order valence-electron chi connectivity index (χ3n) is 4.39. The summed E-state index contributed by atoms with van der Waals surface area (Å²) in [4.78, 5) is 14.5. The van der Waals surface area contributed by atoms with E-state index in [-0.39, 0.29) is 17.4 Å². The molecule has 1 aliphatic heterocycles. The standard InChI is InChI=1S/C16H22N2O/c1-11(2)9-13(17)15(19)18-10-16(7-8-16)12-5-3-4-6-14(12)18/h3-6,11,13H,7-10,17H2,1-2H3/t13-/m0/s1. The van der Waals surface area contributed by atoms with Crippen molar-refractivity contribution in [3.63, 3.8) is 0 Å². The molecule has 0 radical (unpaired) electrons. The van der Waals surface area contributed by atoms with E-state index in [0.29, 0.717) is 5.92 Å². The van der Waals surface area contributed by atoms with Gasteiger partial charge in [0.15, 0.2) is 0 Å². The zero-order valence-electron chi connectivity index (χ0n) is 11.7. The van der Waals surface area contributed by atoms with Gasteiger partial charge in [0.25, 0.3) is 0 Å². The molecule has 3 heteroatoms. The lowest BCUT2D eigenvalue weighted by Crippen LogP contribution is -2.44. The Labute approximate surface area is 114 Å². The Morgan fingerprint density at radius 2 is 2.05 bits per heavy atom. The van der Waals surface area contributed by atoms with Crippen LogP contribution in [0.1, 0.15) is 38.7 Å². The Hall–Kier alpha value is -1.35. The molecule has 1 aliphatic carbocycles. The maximum atomic E-state index is 12.6. The summed E-state index contributed by atoms with van der Waals surface area (Å²) >= 11 is 0. The van der Waals surface area contributed by atoms with Crippen LogP contribution in [0.5, 0.6) is 0 Å². The molecule has 0 bridgehead atoms. The third-order valence-corrected chi connectivity index (χ3v) is 4.39. The van der Waals surface area contributed by atoms with Crippen molar-refractivity contribution >= 4 is 11.6 Å². The number of rotatable bonds is 3. The zero-order chi connectivity index (χ0) is 13.6. The van der Waals surface area contributed by atoms with Crippen LogP contribution in [0.3, 0.4) is 0 Å². The van der Waals surface area contributed by atoms with Crippen LogP contribution in [0, 0.1) is 5.92 Å². The molecule has 1 fully saturated rings. The highest BCUT2D eigenvalue weighted by molar-refractivity contribution is 5.99. The number of amides is 1. The second-order valence-corrected chi connectivity index (χ2v) is 6.46. The van der Waals surface area contributed by atoms with E-state index >= 15 is 0 Å². The van der Waals surface area contributed by atoms with Crippen LogP contribution in [0.25, 0.3) is 0 Å². The van der Waals surface area contributed by atoms with Crippen molar-refractivity contribution in [3.8, 4) is 0 Å². The zero-order valence-corrected chi connectivity index (χ0v) is 11.7. The molecule has 19 heavy (non-hydrogen) atoms. The van der Waals surface area contributed by atoms with Gasteiger partial charge in [-0.1, -0.05) is 32.0 Å². The lowest BCUT2D eigenvalue weighted by Gasteiger charge is -2.23. The first-order chi connectivity index (χ1) is 9.03. The van der Waals surface area contributed by atoms with Crippen LogP contribution in [0.15, 0.2) is 24.3 Å². The fourth-order valence-electron chi connectivity index (χ4n) is 3.21. The highest BCUT2D eigenvalue weighted by Crippen LogP contribution is 2.56. The summed E-state index contributed by atoms with van der Waals surface area (Å²) in [5, 5.41) is 0. The number of para-hydroxylation sites is 1. The van der Waals surface area contributed by atoms with Gasteiger partial charge in [-0.05, 0) is 36.8 Å². The van der Waals surface area contributed by atoms with E-state index in [4.69, 9.17) is 5.73 Å². The van der Waals surface area contributed by atoms with Gasteiger partial charge in [0.2, 0.25) is 5.91 Å². The molecule has 3 nitrogen and oxygen atoms in total. The molecule has 1 aromatic rings. The Morgan fingerprint density at radius 1 is 1.37 bits per heavy atom. The minimum Gasteiger partial charge on any atom is -0.320 e. The summed E-state index contributed by atoms with van der Waals surface area (Å²) in [5.41, 5.74) is 8.76. The van der Waals surface area contributed by atoms with E-state index < -0.39 is 0 Å². The van der Waals surface area contributed by atoms with E-state index in [1.165, 1.54) is 18.4 Å². The fourth-order valence-corrected chi connectivity index (χ4v) is 3.21. The molecule has 3 rings (SSSR count). The number of nitrogens with zero attached hydrogens (tertiary/aromatic N) is 1. The number of nitrogens with two attached hydrogens (primary N) is 1. The first-order valence-electron chi connectivity index (χ1n) is 7.20. The van der Waals surface area contributed by atoms with Gasteiger partial charge in [-0.25, -0.2) is 0 Å². The van der Waals surface area contributed by atoms with Crippen LogP contribution < -0.4 is 10.6 Å². The van der Waals surface area contributed by atoms with Gasteiger partial charge in [-0.2, -0.15) is 0 Å². The molecule has 1 spiro atoms. The van der Waals surface area contributed by atoms with Crippen molar-refractivity contribution < 1.29 is 4.79 Å². The molecule has 1 amide bonds. The Morgan fingerprint density at radius 3 is 2.68 bits per heavy atom. The van der Waals surface area contributed by atoms with Crippen LogP contribution in [0.4, 0.5) is 5.69 Å². The third kappa shape index (κ3) is 2.06. The highest BCUT2D eigenvalue weighted by atomic mass is 16.2. The summed E-state index contributed by atoms with van der Waals surface area (Å²) in [6.45, 7) is 5.04. The molecule has 2 aliphatic rings. The second-order valence-electron chi connectivity index (χ2n) is 6.46. The number of hydrogen-bond donors (Lipinski definition) is 1. The van der Waals surface area contributed by atoms with Crippen LogP contribution in [-0.2, 0) is 10.2 Å². The molecule has 1 saturated carbocycles. The van der Waals surface area contributed by atoms with Crippen molar-refractivity contribution in [2.24, 2.45) is 11.7 Å². The number of benzene rings is 1. The van der Waals surface area contributed by atoms with E-state index in [9.17, 15) is 4.79 Å². The normalized spacial score (nSPS) is 20.7. The summed E-state index contributed by atoms with van der Waals surface area (Å²) < 4.78 is 0. The van der Waals surface area contributed by atoms with Gasteiger partial charge in [-0.3, -0.25) is 4.79 Å². The minimum absolute atomic E-state index is 0.0879. The molecule has 0 aromatic heterocycles. The lowest BCUT2D eigenvalue weighted by molar-refractivity contribution is -0.120. The van der Waals surface area contributed by atoms with Crippen molar-refractivity contribution in [2.75, 3.05) is 11.4 Å². The molecule has 1 aromatic carbocycles. The van der Waals surface area contributed by atoms with Gasteiger partial charge < -0.3 is 10.6 Å². The first-order valence-corrected chi connectivity index (χ1v) is 7.20. The summed E-state index contributed by atoms with van der Waals surface area (Å²) in [6, 6.07) is 7.93. The van der Waals surface area contributed by atoms with E-state index in [1.807, 2.05) is 11.0 Å². The Bertz CT molecular complexity index is 505. The smallest absolute Gasteiger partial charge is 0.243 e. The van der Waals surface area contributed by atoms with Gasteiger partial charge in [0.05, 0.1) is 6.04 Å². The maximum Gasteiger partial charge on any atom is 0.243 e. The summed E-state index contributed by atoms with van der Waals surface area (Å²) in [6.07, 6.45) is 3.16. The van der Waals surface area contributed by atoms with Crippen molar-refractivity contribution in [2.45, 2.75) is 44.6 Å². The molecule has 1 heterocycles. The monoisotopic (exact) mass is 258 g/mol. The first kappa shape index (κ1) is 12.7. The van der Waals surface area contributed by atoms with Crippen molar-refractivity contribution in [1.29, 1.82) is 0 Å². The molecule has 0 unspecified atom stereocenters. The van der Waals surface area contributed by atoms with E-state index in [1.54, 1.807) is 0 Å². The number of hydrogen-bond acceptors (Lipinski definition) is 2. The minimum atomic E-state index is -0.373.